The largest absolute Gasteiger partial charge is 0.379 e. The molecule has 0 aliphatic carbocycles. The summed E-state index contributed by atoms with van der Waals surface area (Å²) in [4.78, 5) is 14.7. The van der Waals surface area contributed by atoms with Crippen molar-refractivity contribution in [1.82, 2.24) is 4.90 Å². The van der Waals surface area contributed by atoms with E-state index in [4.69, 9.17) is 15.2 Å². The Morgan fingerprint density at radius 3 is 2.29 bits per heavy atom. The molecule has 1 saturated heterocycles. The molecule has 5 heteroatoms. The van der Waals surface area contributed by atoms with E-state index in [0.717, 1.165) is 45.4 Å². The Balaban J connectivity index is 2.39. The number of amides is 1. The fourth-order valence-corrected chi connectivity index (χ4v) is 2.91. The summed E-state index contributed by atoms with van der Waals surface area (Å²) in [7, 11) is 0. The van der Waals surface area contributed by atoms with Gasteiger partial charge in [-0.3, -0.25) is 4.79 Å². The van der Waals surface area contributed by atoms with Crippen LogP contribution >= 0.6 is 0 Å². The number of hydrogen-bond acceptors (Lipinski definition) is 4. The molecule has 0 unspecified atom stereocenters. The Hall–Kier alpha value is -0.650. The third-order valence-corrected chi connectivity index (χ3v) is 4.71. The molecule has 0 atom stereocenters. The number of hydrogen-bond donors (Lipinski definition) is 1. The molecule has 21 heavy (non-hydrogen) atoms. The second-order valence-electron chi connectivity index (χ2n) is 5.75. The SMILES string of the molecule is CCOCCOC1CCN(C(=O)C(CC)(CC)CN)CC1. The van der Waals surface area contributed by atoms with Gasteiger partial charge in [-0.15, -0.1) is 0 Å². The molecule has 0 aromatic carbocycles. The summed E-state index contributed by atoms with van der Waals surface area (Å²) in [6.45, 7) is 10.1. The zero-order chi connectivity index (χ0) is 15.7. The molecule has 1 rings (SSSR count). The molecule has 0 aromatic rings. The first-order valence-electron chi connectivity index (χ1n) is 8.32. The van der Waals surface area contributed by atoms with E-state index < -0.39 is 0 Å². The van der Waals surface area contributed by atoms with Crippen molar-refractivity contribution in [1.29, 1.82) is 0 Å². The van der Waals surface area contributed by atoms with Crippen LogP contribution in [0.1, 0.15) is 46.5 Å². The topological polar surface area (TPSA) is 64.8 Å². The summed E-state index contributed by atoms with van der Waals surface area (Å²) in [5, 5.41) is 0. The van der Waals surface area contributed by atoms with Crippen molar-refractivity contribution in [3.63, 3.8) is 0 Å². The van der Waals surface area contributed by atoms with Gasteiger partial charge in [-0.05, 0) is 32.6 Å². The van der Waals surface area contributed by atoms with Crippen molar-refractivity contribution < 1.29 is 14.3 Å². The lowest BCUT2D eigenvalue weighted by Gasteiger charge is -2.39. The maximum absolute atomic E-state index is 12.7. The minimum Gasteiger partial charge on any atom is -0.379 e. The first kappa shape index (κ1) is 18.4. The van der Waals surface area contributed by atoms with Crippen LogP contribution in [0, 0.1) is 5.41 Å². The number of likely N-dealkylation sites (tertiary alicyclic amines) is 1. The fourth-order valence-electron chi connectivity index (χ4n) is 2.91. The maximum atomic E-state index is 12.7. The van der Waals surface area contributed by atoms with Gasteiger partial charge >= 0.3 is 0 Å². The highest BCUT2D eigenvalue weighted by Crippen LogP contribution is 2.29. The number of rotatable bonds is 9. The first-order valence-corrected chi connectivity index (χ1v) is 8.32. The van der Waals surface area contributed by atoms with Gasteiger partial charge in [0.25, 0.3) is 0 Å². The van der Waals surface area contributed by atoms with Gasteiger partial charge < -0.3 is 20.1 Å². The Labute approximate surface area is 129 Å². The predicted octanol–water partition coefficient (Wildman–Crippen LogP) is 1.80. The molecule has 1 amide bonds. The average Bonchev–Trinajstić information content (AvgIpc) is 2.54. The average molecular weight is 300 g/mol. The highest BCUT2D eigenvalue weighted by Gasteiger charge is 2.38. The van der Waals surface area contributed by atoms with E-state index in [2.05, 4.69) is 13.8 Å². The number of carbonyl (C=O) groups excluding carboxylic acids is 1. The van der Waals surface area contributed by atoms with Crippen molar-refractivity contribution in [2.24, 2.45) is 11.1 Å². The van der Waals surface area contributed by atoms with Crippen LogP contribution in [0.5, 0.6) is 0 Å². The van der Waals surface area contributed by atoms with Crippen LogP contribution < -0.4 is 5.73 Å². The summed E-state index contributed by atoms with van der Waals surface area (Å²) in [6, 6.07) is 0. The van der Waals surface area contributed by atoms with E-state index in [1.807, 2.05) is 11.8 Å². The molecule has 1 aliphatic heterocycles. The van der Waals surface area contributed by atoms with E-state index in [-0.39, 0.29) is 17.4 Å². The van der Waals surface area contributed by atoms with E-state index in [1.54, 1.807) is 0 Å². The molecular formula is C16H32N2O3. The Morgan fingerprint density at radius 1 is 1.19 bits per heavy atom. The van der Waals surface area contributed by atoms with Crippen LogP contribution in [-0.2, 0) is 14.3 Å². The normalized spacial score (nSPS) is 17.2. The standard InChI is InChI=1S/C16H32N2O3/c1-4-16(5-2,13-17)15(19)18-9-7-14(8-10-18)21-12-11-20-6-3/h14H,4-13,17H2,1-3H3. The molecule has 1 heterocycles. The molecule has 0 saturated carbocycles. The molecule has 5 nitrogen and oxygen atoms in total. The van der Waals surface area contributed by atoms with Crippen molar-refractivity contribution in [3.05, 3.63) is 0 Å². The molecule has 124 valence electrons. The van der Waals surface area contributed by atoms with Gasteiger partial charge in [0.05, 0.1) is 24.7 Å². The Kier molecular flexibility index (Phi) is 8.22. The summed E-state index contributed by atoms with van der Waals surface area (Å²) in [5.74, 6) is 0.225. The number of nitrogens with two attached hydrogens (primary N) is 1. The van der Waals surface area contributed by atoms with E-state index in [1.165, 1.54) is 0 Å². The van der Waals surface area contributed by atoms with Crippen LogP contribution in [-0.4, -0.2) is 56.4 Å². The molecular weight excluding hydrogens is 268 g/mol. The lowest BCUT2D eigenvalue weighted by molar-refractivity contribution is -0.145. The van der Waals surface area contributed by atoms with Crippen molar-refractivity contribution in [2.75, 3.05) is 39.5 Å². The van der Waals surface area contributed by atoms with Gasteiger partial charge in [-0.2, -0.15) is 0 Å². The third-order valence-electron chi connectivity index (χ3n) is 4.71. The monoisotopic (exact) mass is 300 g/mol. The number of carbonyl (C=O) groups is 1. The van der Waals surface area contributed by atoms with E-state index in [0.29, 0.717) is 19.8 Å². The van der Waals surface area contributed by atoms with E-state index in [9.17, 15) is 4.79 Å². The third kappa shape index (κ3) is 4.94. The van der Waals surface area contributed by atoms with Gasteiger partial charge in [-0.1, -0.05) is 13.8 Å². The second-order valence-corrected chi connectivity index (χ2v) is 5.75. The molecule has 1 aliphatic rings. The quantitative estimate of drug-likeness (QED) is 0.659. The molecule has 1 fully saturated rings. The second kappa shape index (κ2) is 9.38. The molecule has 0 radical (unpaired) electrons. The predicted molar refractivity (Wildman–Crippen MR) is 84.1 cm³/mol. The summed E-state index contributed by atoms with van der Waals surface area (Å²) < 4.78 is 11.1. The zero-order valence-corrected chi connectivity index (χ0v) is 13.9. The van der Waals surface area contributed by atoms with Gasteiger partial charge in [0.15, 0.2) is 0 Å². The highest BCUT2D eigenvalue weighted by atomic mass is 16.5. The van der Waals surface area contributed by atoms with Crippen molar-refractivity contribution in [3.8, 4) is 0 Å². The highest BCUT2D eigenvalue weighted by molar-refractivity contribution is 5.83. The van der Waals surface area contributed by atoms with Crippen LogP contribution in [0.15, 0.2) is 0 Å². The van der Waals surface area contributed by atoms with Gasteiger partial charge in [0, 0.05) is 26.2 Å². The fraction of sp³-hybridized carbons (Fsp3) is 0.938. The minimum atomic E-state index is -0.372. The van der Waals surface area contributed by atoms with Crippen LogP contribution in [0.4, 0.5) is 0 Å². The van der Waals surface area contributed by atoms with Crippen LogP contribution in [0.2, 0.25) is 0 Å². The van der Waals surface area contributed by atoms with Gasteiger partial charge in [-0.25, -0.2) is 0 Å². The number of nitrogens with zero attached hydrogens (tertiary/aromatic N) is 1. The summed E-state index contributed by atoms with van der Waals surface area (Å²) in [6.07, 6.45) is 3.69. The van der Waals surface area contributed by atoms with Crippen LogP contribution in [0.25, 0.3) is 0 Å². The number of ether oxygens (including phenoxy) is 2. The minimum absolute atomic E-state index is 0.225. The van der Waals surface area contributed by atoms with Crippen LogP contribution in [0.3, 0.4) is 0 Å². The Bertz CT molecular complexity index is 290. The summed E-state index contributed by atoms with van der Waals surface area (Å²) >= 11 is 0. The number of piperidine rings is 1. The Morgan fingerprint density at radius 2 is 1.81 bits per heavy atom. The smallest absolute Gasteiger partial charge is 0.230 e. The first-order chi connectivity index (χ1) is 10.1. The van der Waals surface area contributed by atoms with Crippen molar-refractivity contribution >= 4 is 5.91 Å². The molecule has 0 aromatic heterocycles. The van der Waals surface area contributed by atoms with Gasteiger partial charge in [0.1, 0.15) is 0 Å². The zero-order valence-electron chi connectivity index (χ0n) is 13.9. The van der Waals surface area contributed by atoms with Gasteiger partial charge in [0.2, 0.25) is 5.91 Å². The lowest BCUT2D eigenvalue weighted by Crippen LogP contribution is -2.51. The van der Waals surface area contributed by atoms with E-state index >= 15 is 0 Å². The lowest BCUT2D eigenvalue weighted by atomic mass is 9.80. The molecule has 0 bridgehead atoms. The molecule has 2 N–H and O–H groups in total. The summed E-state index contributed by atoms with van der Waals surface area (Å²) in [5.41, 5.74) is 5.50. The maximum Gasteiger partial charge on any atom is 0.230 e. The molecule has 0 spiro atoms. The van der Waals surface area contributed by atoms with Crippen molar-refractivity contribution in [2.45, 2.75) is 52.6 Å².